The Bertz CT molecular complexity index is 701. The zero-order valence-electron chi connectivity index (χ0n) is 11.7. The second-order valence-corrected chi connectivity index (χ2v) is 6.19. The average Bonchev–Trinajstić information content (AvgIpc) is 2.57. The van der Waals surface area contributed by atoms with Gasteiger partial charge in [-0.1, -0.05) is 107 Å². The minimum absolute atomic E-state index is 0.660. The maximum absolute atomic E-state index is 2.29. The molecule has 0 aliphatic rings. The lowest BCUT2D eigenvalue weighted by Crippen LogP contribution is -2.15. The van der Waals surface area contributed by atoms with Crippen molar-refractivity contribution in [2.45, 2.75) is 0 Å². The topological polar surface area (TPSA) is 0 Å². The maximum Gasteiger partial charge on any atom is 0.122 e. The molecular weight excluding hydrogens is 268 g/mol. The molecule has 21 heavy (non-hydrogen) atoms. The van der Waals surface area contributed by atoms with Gasteiger partial charge in [-0.2, -0.15) is 0 Å². The molecule has 0 aliphatic heterocycles. The van der Waals surface area contributed by atoms with E-state index in [4.69, 9.17) is 0 Å². The van der Waals surface area contributed by atoms with E-state index in [0.29, 0.717) is 9.52 Å². The van der Waals surface area contributed by atoms with Crippen LogP contribution >= 0.6 is 0 Å². The Balaban J connectivity index is 1.97. The summed E-state index contributed by atoms with van der Waals surface area (Å²) in [7, 11) is 0.660. The van der Waals surface area contributed by atoms with Crippen molar-refractivity contribution in [1.29, 1.82) is 0 Å². The molecular formula is C20H16Si. The van der Waals surface area contributed by atoms with Crippen LogP contribution in [0.1, 0.15) is 11.1 Å². The third-order valence-electron chi connectivity index (χ3n) is 3.25. The molecule has 0 saturated carbocycles. The van der Waals surface area contributed by atoms with Gasteiger partial charge in [0.25, 0.3) is 0 Å². The van der Waals surface area contributed by atoms with Gasteiger partial charge in [0.05, 0.1) is 0 Å². The highest BCUT2D eigenvalue weighted by molar-refractivity contribution is 6.74. The van der Waals surface area contributed by atoms with Crippen LogP contribution in [-0.2, 0) is 0 Å². The van der Waals surface area contributed by atoms with Crippen LogP contribution in [0.15, 0.2) is 91.0 Å². The lowest BCUT2D eigenvalue weighted by atomic mass is 10.1. The summed E-state index contributed by atoms with van der Waals surface area (Å²) in [6.07, 6.45) is 2.29. The average molecular weight is 284 g/mol. The molecule has 0 unspecified atom stereocenters. The van der Waals surface area contributed by atoms with Crippen molar-refractivity contribution in [3.05, 3.63) is 102 Å². The van der Waals surface area contributed by atoms with E-state index in [1.807, 2.05) is 0 Å². The molecule has 0 bridgehead atoms. The largest absolute Gasteiger partial charge is 0.122 e. The minimum atomic E-state index is 0.660. The third kappa shape index (κ3) is 3.80. The van der Waals surface area contributed by atoms with Crippen LogP contribution in [0.4, 0.5) is 0 Å². The summed E-state index contributed by atoms with van der Waals surface area (Å²) in [4.78, 5) is 0. The standard InChI is InChI=1S/C20H16Si/c1-4-10-17(11-5-1)16-20(18-12-6-2-7-13-18)21-19-14-8-3-9-15-19/h1-16H/b20-16+. The Morgan fingerprint density at radius 1 is 0.619 bits per heavy atom. The van der Waals surface area contributed by atoms with Gasteiger partial charge in [0.1, 0.15) is 9.52 Å². The van der Waals surface area contributed by atoms with Gasteiger partial charge in [-0.3, -0.25) is 0 Å². The van der Waals surface area contributed by atoms with Crippen molar-refractivity contribution in [3.8, 4) is 0 Å². The van der Waals surface area contributed by atoms with Crippen molar-refractivity contribution >= 4 is 26.0 Å². The Morgan fingerprint density at radius 3 is 1.76 bits per heavy atom. The van der Waals surface area contributed by atoms with Crippen molar-refractivity contribution in [2.75, 3.05) is 0 Å². The zero-order chi connectivity index (χ0) is 14.3. The van der Waals surface area contributed by atoms with Gasteiger partial charge >= 0.3 is 0 Å². The fourth-order valence-electron chi connectivity index (χ4n) is 2.20. The van der Waals surface area contributed by atoms with Crippen molar-refractivity contribution in [1.82, 2.24) is 0 Å². The molecule has 3 aromatic rings. The normalized spacial score (nSPS) is 11.3. The molecule has 0 atom stereocenters. The molecule has 3 rings (SSSR count). The zero-order valence-corrected chi connectivity index (χ0v) is 12.7. The summed E-state index contributed by atoms with van der Waals surface area (Å²) in [5.41, 5.74) is 2.54. The van der Waals surface area contributed by atoms with Crippen LogP contribution in [-0.4, -0.2) is 9.52 Å². The van der Waals surface area contributed by atoms with E-state index >= 15 is 0 Å². The highest BCUT2D eigenvalue weighted by Gasteiger charge is 2.04. The summed E-state index contributed by atoms with van der Waals surface area (Å²) >= 11 is 0. The van der Waals surface area contributed by atoms with Gasteiger partial charge in [-0.15, -0.1) is 0 Å². The summed E-state index contributed by atoms with van der Waals surface area (Å²) in [6.45, 7) is 0. The first-order valence-electron chi connectivity index (χ1n) is 7.06. The summed E-state index contributed by atoms with van der Waals surface area (Å²) < 4.78 is 0. The van der Waals surface area contributed by atoms with Crippen LogP contribution in [0.25, 0.3) is 11.3 Å². The molecule has 0 N–H and O–H groups in total. The molecule has 0 fully saturated rings. The first-order chi connectivity index (χ1) is 10.4. The predicted molar refractivity (Wildman–Crippen MR) is 92.6 cm³/mol. The summed E-state index contributed by atoms with van der Waals surface area (Å²) in [5, 5.41) is 2.73. The number of benzene rings is 3. The van der Waals surface area contributed by atoms with Gasteiger partial charge in [0.2, 0.25) is 0 Å². The number of rotatable bonds is 4. The van der Waals surface area contributed by atoms with Gasteiger partial charge in [-0.05, 0) is 11.1 Å². The molecule has 3 aromatic carbocycles. The maximum atomic E-state index is 2.29. The molecule has 0 aromatic heterocycles. The molecule has 1 heteroatoms. The molecule has 0 saturated heterocycles. The van der Waals surface area contributed by atoms with E-state index in [9.17, 15) is 0 Å². The first-order valence-corrected chi connectivity index (χ1v) is 8.06. The third-order valence-corrected chi connectivity index (χ3v) is 4.57. The van der Waals surface area contributed by atoms with E-state index in [0.717, 1.165) is 0 Å². The van der Waals surface area contributed by atoms with Gasteiger partial charge in [-0.25, -0.2) is 0 Å². The lowest BCUT2D eigenvalue weighted by Gasteiger charge is -2.08. The fraction of sp³-hybridized carbons (Fsp3) is 0. The van der Waals surface area contributed by atoms with Crippen molar-refractivity contribution in [2.24, 2.45) is 0 Å². The summed E-state index contributed by atoms with van der Waals surface area (Å²) in [6, 6.07) is 31.8. The molecule has 100 valence electrons. The van der Waals surface area contributed by atoms with Crippen LogP contribution in [0.5, 0.6) is 0 Å². The molecule has 0 spiro atoms. The van der Waals surface area contributed by atoms with E-state index in [2.05, 4.69) is 97.1 Å². The van der Waals surface area contributed by atoms with Gasteiger partial charge in [0.15, 0.2) is 0 Å². The number of hydrogen-bond donors (Lipinski definition) is 0. The molecule has 0 aliphatic carbocycles. The Kier molecular flexibility index (Phi) is 4.44. The molecule has 0 nitrogen and oxygen atoms in total. The molecule has 0 amide bonds. The van der Waals surface area contributed by atoms with E-state index in [1.54, 1.807) is 0 Å². The highest BCUT2D eigenvalue weighted by Crippen LogP contribution is 2.17. The van der Waals surface area contributed by atoms with E-state index in [1.165, 1.54) is 21.5 Å². The predicted octanol–water partition coefficient (Wildman–Crippen LogP) is 4.21. The smallest absolute Gasteiger partial charge is 0.0631 e. The Hall–Kier alpha value is -2.38. The fourth-order valence-corrected chi connectivity index (χ4v) is 3.42. The highest BCUT2D eigenvalue weighted by atomic mass is 28.2. The Labute approximate surface area is 128 Å². The monoisotopic (exact) mass is 284 g/mol. The van der Waals surface area contributed by atoms with Crippen molar-refractivity contribution in [3.63, 3.8) is 0 Å². The molecule has 2 radical (unpaired) electrons. The van der Waals surface area contributed by atoms with Crippen LogP contribution < -0.4 is 5.19 Å². The second kappa shape index (κ2) is 6.87. The minimum Gasteiger partial charge on any atom is -0.0631 e. The number of hydrogen-bond acceptors (Lipinski definition) is 0. The quantitative estimate of drug-likeness (QED) is 0.497. The van der Waals surface area contributed by atoms with E-state index < -0.39 is 0 Å². The van der Waals surface area contributed by atoms with Gasteiger partial charge < -0.3 is 0 Å². The van der Waals surface area contributed by atoms with Crippen LogP contribution in [0.2, 0.25) is 0 Å². The van der Waals surface area contributed by atoms with Crippen LogP contribution in [0, 0.1) is 0 Å². The van der Waals surface area contributed by atoms with E-state index in [-0.39, 0.29) is 0 Å². The SMILES string of the molecule is C(=C(\[Si]c1ccccc1)c1ccccc1)/c1ccccc1. The van der Waals surface area contributed by atoms with Gasteiger partial charge in [0, 0.05) is 0 Å². The first kappa shape index (κ1) is 13.6. The van der Waals surface area contributed by atoms with Crippen LogP contribution in [0.3, 0.4) is 0 Å². The molecule has 0 heterocycles. The summed E-state index contributed by atoms with van der Waals surface area (Å²) in [5.74, 6) is 0. The van der Waals surface area contributed by atoms with Crippen molar-refractivity contribution < 1.29 is 0 Å². The second-order valence-electron chi connectivity index (χ2n) is 4.83. The Morgan fingerprint density at radius 2 is 1.14 bits per heavy atom. The lowest BCUT2D eigenvalue weighted by molar-refractivity contribution is 1.63.